The number of aryl methyl sites for hydroxylation is 1. The van der Waals surface area contributed by atoms with Crippen molar-refractivity contribution in [1.82, 2.24) is 14.8 Å². The van der Waals surface area contributed by atoms with Crippen LogP contribution < -0.4 is 4.90 Å². The first-order valence-electron chi connectivity index (χ1n) is 11.4. The van der Waals surface area contributed by atoms with E-state index in [4.69, 9.17) is 0 Å². The number of piperidine rings is 1. The van der Waals surface area contributed by atoms with Crippen LogP contribution in [0.15, 0.2) is 54.6 Å². The zero-order chi connectivity index (χ0) is 21.0. The SMILES string of the molecule is O=C(CCc1nc2ccccc2s1)N1CCC[C@H](N2CCN(c3ccccc3)CC2)C1. The molecule has 2 saturated heterocycles. The van der Waals surface area contributed by atoms with E-state index in [0.717, 1.165) is 62.6 Å². The van der Waals surface area contributed by atoms with Crippen LogP contribution in [0.1, 0.15) is 24.3 Å². The van der Waals surface area contributed by atoms with E-state index in [1.54, 1.807) is 11.3 Å². The number of aromatic nitrogens is 1. The fourth-order valence-corrected chi connectivity index (χ4v) is 5.83. The quantitative estimate of drug-likeness (QED) is 0.608. The molecular weight excluding hydrogens is 404 g/mol. The first-order chi connectivity index (χ1) is 15.3. The minimum absolute atomic E-state index is 0.284. The third-order valence-electron chi connectivity index (χ3n) is 6.59. The number of thiazole rings is 1. The van der Waals surface area contributed by atoms with Gasteiger partial charge in [0.1, 0.15) is 0 Å². The number of hydrogen-bond acceptors (Lipinski definition) is 5. The second kappa shape index (κ2) is 9.37. The summed E-state index contributed by atoms with van der Waals surface area (Å²) in [5.74, 6) is 0.284. The van der Waals surface area contributed by atoms with Crippen LogP contribution in [0.3, 0.4) is 0 Å². The lowest BCUT2D eigenvalue weighted by Crippen LogP contribution is -2.55. The van der Waals surface area contributed by atoms with Gasteiger partial charge in [0.05, 0.1) is 15.2 Å². The Morgan fingerprint density at radius 1 is 0.968 bits per heavy atom. The van der Waals surface area contributed by atoms with Crippen molar-refractivity contribution >= 4 is 33.1 Å². The Kier molecular flexibility index (Phi) is 6.18. The lowest BCUT2D eigenvalue weighted by molar-refractivity contribution is -0.133. The molecule has 162 valence electrons. The van der Waals surface area contributed by atoms with Gasteiger partial charge in [0.15, 0.2) is 0 Å². The molecular formula is C25H30N4OS. The van der Waals surface area contributed by atoms with Gasteiger partial charge >= 0.3 is 0 Å². The van der Waals surface area contributed by atoms with Crippen LogP contribution in [-0.4, -0.2) is 66.0 Å². The number of hydrogen-bond donors (Lipinski definition) is 0. The lowest BCUT2D eigenvalue weighted by atomic mass is 10.0. The lowest BCUT2D eigenvalue weighted by Gasteiger charge is -2.44. The summed E-state index contributed by atoms with van der Waals surface area (Å²) < 4.78 is 1.21. The molecule has 0 radical (unpaired) electrons. The Hall–Kier alpha value is -2.44. The summed E-state index contributed by atoms with van der Waals surface area (Å²) in [5, 5.41) is 1.07. The fourth-order valence-electron chi connectivity index (χ4n) is 4.86. The molecule has 2 aliphatic rings. The number of carbonyl (C=O) groups is 1. The number of nitrogens with zero attached hydrogens (tertiary/aromatic N) is 4. The molecule has 31 heavy (non-hydrogen) atoms. The predicted octanol–water partition coefficient (Wildman–Crippen LogP) is 4.04. The summed E-state index contributed by atoms with van der Waals surface area (Å²) in [6.45, 7) is 6.06. The Bertz CT molecular complexity index is 980. The van der Waals surface area contributed by atoms with Crippen molar-refractivity contribution in [2.75, 3.05) is 44.2 Å². The minimum atomic E-state index is 0.284. The van der Waals surface area contributed by atoms with Crippen molar-refractivity contribution in [3.8, 4) is 0 Å². The van der Waals surface area contributed by atoms with E-state index in [1.807, 2.05) is 18.2 Å². The molecule has 5 rings (SSSR count). The first-order valence-corrected chi connectivity index (χ1v) is 12.2. The summed E-state index contributed by atoms with van der Waals surface area (Å²) in [4.78, 5) is 24.8. The Morgan fingerprint density at radius 2 is 1.74 bits per heavy atom. The summed E-state index contributed by atoms with van der Waals surface area (Å²) in [6.07, 6.45) is 3.62. The first kappa shape index (κ1) is 20.5. The van der Waals surface area contributed by atoms with Crippen LogP contribution in [0, 0.1) is 0 Å². The number of carbonyl (C=O) groups excluding carboxylic acids is 1. The van der Waals surface area contributed by atoms with Crippen molar-refractivity contribution in [3.63, 3.8) is 0 Å². The molecule has 2 aliphatic heterocycles. The second-order valence-corrected chi connectivity index (χ2v) is 9.68. The smallest absolute Gasteiger partial charge is 0.223 e. The van der Waals surface area contributed by atoms with Gasteiger partial charge in [-0.1, -0.05) is 30.3 Å². The number of anilines is 1. The van der Waals surface area contributed by atoms with Crippen molar-refractivity contribution in [2.45, 2.75) is 31.7 Å². The number of para-hydroxylation sites is 2. The molecule has 0 aliphatic carbocycles. The summed E-state index contributed by atoms with van der Waals surface area (Å²) >= 11 is 1.71. The molecule has 0 spiro atoms. The number of likely N-dealkylation sites (tertiary alicyclic amines) is 1. The van der Waals surface area contributed by atoms with E-state index in [0.29, 0.717) is 12.5 Å². The van der Waals surface area contributed by atoms with Crippen LogP contribution in [0.5, 0.6) is 0 Å². The van der Waals surface area contributed by atoms with Gasteiger partial charge in [0.25, 0.3) is 0 Å². The van der Waals surface area contributed by atoms with E-state index in [-0.39, 0.29) is 5.91 Å². The van der Waals surface area contributed by atoms with E-state index in [2.05, 4.69) is 56.1 Å². The van der Waals surface area contributed by atoms with Gasteiger partial charge in [0, 0.05) is 63.8 Å². The van der Waals surface area contributed by atoms with Gasteiger partial charge < -0.3 is 9.80 Å². The number of piperazine rings is 1. The monoisotopic (exact) mass is 434 g/mol. The molecule has 0 bridgehead atoms. The third-order valence-corrected chi connectivity index (χ3v) is 7.69. The Balaban J connectivity index is 1.12. The summed E-state index contributed by atoms with van der Waals surface area (Å²) in [5.41, 5.74) is 2.36. The zero-order valence-electron chi connectivity index (χ0n) is 17.9. The van der Waals surface area contributed by atoms with E-state index in [1.165, 1.54) is 16.8 Å². The van der Waals surface area contributed by atoms with Gasteiger partial charge in [-0.25, -0.2) is 4.98 Å². The van der Waals surface area contributed by atoms with Gasteiger partial charge in [-0.15, -0.1) is 11.3 Å². The molecule has 3 aromatic rings. The summed E-state index contributed by atoms with van der Waals surface area (Å²) in [6, 6.07) is 19.4. The Morgan fingerprint density at radius 3 is 2.55 bits per heavy atom. The highest BCUT2D eigenvalue weighted by atomic mass is 32.1. The highest BCUT2D eigenvalue weighted by Crippen LogP contribution is 2.24. The second-order valence-electron chi connectivity index (χ2n) is 8.57. The topological polar surface area (TPSA) is 39.7 Å². The molecule has 1 aromatic heterocycles. The maximum absolute atomic E-state index is 12.9. The van der Waals surface area contributed by atoms with Crippen molar-refractivity contribution in [2.24, 2.45) is 0 Å². The molecule has 6 heteroatoms. The largest absolute Gasteiger partial charge is 0.369 e. The molecule has 1 atom stereocenters. The molecule has 0 N–H and O–H groups in total. The number of benzene rings is 2. The maximum atomic E-state index is 12.9. The number of fused-ring (bicyclic) bond motifs is 1. The Labute approximate surface area is 188 Å². The molecule has 0 saturated carbocycles. The van der Waals surface area contributed by atoms with Gasteiger partial charge in [-0.2, -0.15) is 0 Å². The highest BCUT2D eigenvalue weighted by Gasteiger charge is 2.30. The molecule has 3 heterocycles. The third kappa shape index (κ3) is 4.75. The fraction of sp³-hybridized carbons (Fsp3) is 0.440. The molecule has 5 nitrogen and oxygen atoms in total. The number of rotatable bonds is 5. The standard InChI is InChI=1S/C25H30N4OS/c30-25(13-12-24-26-22-10-4-5-11-23(22)31-24)29-14-6-9-21(19-29)28-17-15-27(16-18-28)20-7-2-1-3-8-20/h1-5,7-8,10-11,21H,6,9,12-19H2/t21-/m0/s1. The van der Waals surface area contributed by atoms with Crippen molar-refractivity contribution < 1.29 is 4.79 Å². The van der Waals surface area contributed by atoms with Gasteiger partial charge in [0.2, 0.25) is 5.91 Å². The van der Waals surface area contributed by atoms with Gasteiger partial charge in [-0.3, -0.25) is 9.69 Å². The van der Waals surface area contributed by atoms with Crippen LogP contribution in [0.2, 0.25) is 0 Å². The van der Waals surface area contributed by atoms with Crippen molar-refractivity contribution in [3.05, 3.63) is 59.6 Å². The molecule has 2 aromatic carbocycles. The van der Waals surface area contributed by atoms with Crippen molar-refractivity contribution in [1.29, 1.82) is 0 Å². The number of amides is 1. The highest BCUT2D eigenvalue weighted by molar-refractivity contribution is 7.18. The van der Waals surface area contributed by atoms with Crippen LogP contribution in [0.4, 0.5) is 5.69 Å². The molecule has 2 fully saturated rings. The minimum Gasteiger partial charge on any atom is -0.369 e. The average Bonchev–Trinajstić information content (AvgIpc) is 3.26. The maximum Gasteiger partial charge on any atom is 0.223 e. The zero-order valence-corrected chi connectivity index (χ0v) is 18.8. The van der Waals surface area contributed by atoms with E-state index >= 15 is 0 Å². The molecule has 0 unspecified atom stereocenters. The van der Waals surface area contributed by atoms with Crippen LogP contribution >= 0.6 is 11.3 Å². The van der Waals surface area contributed by atoms with Gasteiger partial charge in [-0.05, 0) is 37.1 Å². The van der Waals surface area contributed by atoms with Crippen LogP contribution in [0.25, 0.3) is 10.2 Å². The van der Waals surface area contributed by atoms with E-state index < -0.39 is 0 Å². The molecule has 1 amide bonds. The average molecular weight is 435 g/mol. The van der Waals surface area contributed by atoms with Crippen LogP contribution in [-0.2, 0) is 11.2 Å². The predicted molar refractivity (Wildman–Crippen MR) is 128 cm³/mol. The summed E-state index contributed by atoms with van der Waals surface area (Å²) in [7, 11) is 0. The normalized spacial score (nSPS) is 20.3. The van der Waals surface area contributed by atoms with E-state index in [9.17, 15) is 4.79 Å².